The summed E-state index contributed by atoms with van der Waals surface area (Å²) < 4.78 is 1.89. The summed E-state index contributed by atoms with van der Waals surface area (Å²) in [6.07, 6.45) is 4.19. The molecule has 0 fully saturated rings. The van der Waals surface area contributed by atoms with Gasteiger partial charge in [0.2, 0.25) is 0 Å². The van der Waals surface area contributed by atoms with Crippen molar-refractivity contribution >= 4 is 5.65 Å². The Morgan fingerprint density at radius 2 is 2.13 bits per heavy atom. The number of imidazole rings is 1. The first-order valence-corrected chi connectivity index (χ1v) is 5.56. The molecule has 2 aromatic heterocycles. The molecule has 2 heterocycles. The predicted molar refractivity (Wildman–Crippen MR) is 61.1 cm³/mol. The Bertz CT molecular complexity index is 457. The van der Waals surface area contributed by atoms with Crippen LogP contribution < -0.4 is 0 Å². The van der Waals surface area contributed by atoms with Crippen LogP contribution in [-0.4, -0.2) is 14.6 Å². The molecule has 3 heteroatoms. The quantitative estimate of drug-likeness (QED) is 0.767. The Balaban J connectivity index is 2.43. The number of aromatic nitrogens is 3. The van der Waals surface area contributed by atoms with Gasteiger partial charge in [0, 0.05) is 0 Å². The lowest BCUT2D eigenvalue weighted by atomic mass is 10.1. The van der Waals surface area contributed by atoms with Crippen molar-refractivity contribution in [2.45, 2.75) is 39.5 Å². The zero-order valence-corrected chi connectivity index (χ0v) is 9.57. The summed E-state index contributed by atoms with van der Waals surface area (Å²) in [6, 6.07) is 4.10. The lowest BCUT2D eigenvalue weighted by molar-refractivity contribution is 0.762. The van der Waals surface area contributed by atoms with Crippen LogP contribution in [0.5, 0.6) is 0 Å². The van der Waals surface area contributed by atoms with Crippen LogP contribution in [0.25, 0.3) is 5.65 Å². The minimum absolute atomic E-state index is 0.464. The average molecular weight is 203 g/mol. The van der Waals surface area contributed by atoms with Crippen molar-refractivity contribution < 1.29 is 0 Å². The molecule has 0 aliphatic carbocycles. The van der Waals surface area contributed by atoms with Crippen molar-refractivity contribution in [3.8, 4) is 0 Å². The van der Waals surface area contributed by atoms with Gasteiger partial charge in [-0.3, -0.25) is 0 Å². The maximum atomic E-state index is 4.53. The van der Waals surface area contributed by atoms with Crippen molar-refractivity contribution in [3.63, 3.8) is 0 Å². The number of nitrogens with zero attached hydrogens (tertiary/aromatic N) is 3. The van der Waals surface area contributed by atoms with Crippen LogP contribution >= 0.6 is 0 Å². The molecule has 0 atom stereocenters. The van der Waals surface area contributed by atoms with Crippen molar-refractivity contribution in [2.75, 3.05) is 0 Å². The SMILES string of the molecule is CCCc1cn2nc(C(C)C)ccc2n1. The lowest BCUT2D eigenvalue weighted by Crippen LogP contribution is -1.98. The molecule has 0 saturated heterocycles. The van der Waals surface area contributed by atoms with Gasteiger partial charge >= 0.3 is 0 Å². The van der Waals surface area contributed by atoms with E-state index in [0.717, 1.165) is 29.9 Å². The fourth-order valence-corrected chi connectivity index (χ4v) is 1.63. The highest BCUT2D eigenvalue weighted by Crippen LogP contribution is 2.12. The van der Waals surface area contributed by atoms with E-state index in [0.29, 0.717) is 5.92 Å². The molecule has 0 amide bonds. The molecule has 0 spiro atoms. The minimum atomic E-state index is 0.464. The van der Waals surface area contributed by atoms with Gasteiger partial charge in [0.05, 0.1) is 17.6 Å². The molecule has 0 aliphatic rings. The van der Waals surface area contributed by atoms with Gasteiger partial charge in [-0.1, -0.05) is 27.2 Å². The van der Waals surface area contributed by atoms with Gasteiger partial charge in [-0.15, -0.1) is 0 Å². The monoisotopic (exact) mass is 203 g/mol. The second-order valence-electron chi connectivity index (χ2n) is 4.20. The van der Waals surface area contributed by atoms with Crippen LogP contribution in [0.2, 0.25) is 0 Å². The van der Waals surface area contributed by atoms with E-state index < -0.39 is 0 Å². The Morgan fingerprint density at radius 3 is 2.80 bits per heavy atom. The number of fused-ring (bicyclic) bond motifs is 1. The third-order valence-electron chi connectivity index (χ3n) is 2.49. The third kappa shape index (κ3) is 2.01. The van der Waals surface area contributed by atoms with E-state index >= 15 is 0 Å². The summed E-state index contributed by atoms with van der Waals surface area (Å²) in [5.74, 6) is 0.464. The van der Waals surface area contributed by atoms with E-state index in [-0.39, 0.29) is 0 Å². The summed E-state index contributed by atoms with van der Waals surface area (Å²) >= 11 is 0. The maximum absolute atomic E-state index is 4.53. The van der Waals surface area contributed by atoms with Crippen molar-refractivity contribution in [1.29, 1.82) is 0 Å². The van der Waals surface area contributed by atoms with Gasteiger partial charge in [0.25, 0.3) is 0 Å². The summed E-state index contributed by atoms with van der Waals surface area (Å²) in [7, 11) is 0. The molecule has 2 rings (SSSR count). The van der Waals surface area contributed by atoms with Gasteiger partial charge in [-0.2, -0.15) is 5.10 Å². The normalized spacial score (nSPS) is 11.5. The molecule has 80 valence electrons. The van der Waals surface area contributed by atoms with Gasteiger partial charge in [-0.25, -0.2) is 9.50 Å². The molecule has 15 heavy (non-hydrogen) atoms. The van der Waals surface area contributed by atoms with Gasteiger partial charge in [0.1, 0.15) is 0 Å². The standard InChI is InChI=1S/C12H17N3/c1-4-5-10-8-15-12(13-10)7-6-11(14-15)9(2)3/h6-9H,4-5H2,1-3H3. The summed E-state index contributed by atoms with van der Waals surface area (Å²) in [5, 5.41) is 4.53. The zero-order valence-electron chi connectivity index (χ0n) is 9.57. The van der Waals surface area contributed by atoms with Gasteiger partial charge in [0.15, 0.2) is 5.65 Å². The number of hydrogen-bond donors (Lipinski definition) is 0. The molecule has 0 saturated carbocycles. The van der Waals surface area contributed by atoms with Gasteiger partial charge in [-0.05, 0) is 24.5 Å². The summed E-state index contributed by atoms with van der Waals surface area (Å²) in [6.45, 7) is 6.47. The van der Waals surface area contributed by atoms with Gasteiger partial charge < -0.3 is 0 Å². The van der Waals surface area contributed by atoms with E-state index in [2.05, 4.69) is 36.9 Å². The van der Waals surface area contributed by atoms with Crippen LogP contribution in [0.1, 0.15) is 44.5 Å². The van der Waals surface area contributed by atoms with E-state index in [1.807, 2.05) is 16.8 Å². The third-order valence-corrected chi connectivity index (χ3v) is 2.49. The van der Waals surface area contributed by atoms with Crippen LogP contribution in [0.3, 0.4) is 0 Å². The van der Waals surface area contributed by atoms with E-state index in [9.17, 15) is 0 Å². The Kier molecular flexibility index (Phi) is 2.71. The molecule has 0 unspecified atom stereocenters. The highest BCUT2D eigenvalue weighted by Gasteiger charge is 2.05. The van der Waals surface area contributed by atoms with Crippen molar-refractivity contribution in [2.24, 2.45) is 0 Å². The second kappa shape index (κ2) is 4.01. The average Bonchev–Trinajstić information content (AvgIpc) is 2.59. The molecular formula is C12H17N3. The Labute approximate surface area is 90.1 Å². The first-order chi connectivity index (χ1) is 7.20. The van der Waals surface area contributed by atoms with Crippen LogP contribution in [0, 0.1) is 0 Å². The molecular weight excluding hydrogens is 186 g/mol. The van der Waals surface area contributed by atoms with E-state index in [1.165, 1.54) is 0 Å². The molecule has 0 aliphatic heterocycles. The fourth-order valence-electron chi connectivity index (χ4n) is 1.63. The number of rotatable bonds is 3. The molecule has 3 nitrogen and oxygen atoms in total. The number of aryl methyl sites for hydroxylation is 1. The summed E-state index contributed by atoms with van der Waals surface area (Å²) in [5.41, 5.74) is 3.19. The van der Waals surface area contributed by atoms with E-state index in [4.69, 9.17) is 0 Å². The molecule has 2 aromatic rings. The lowest BCUT2D eigenvalue weighted by Gasteiger charge is -2.02. The largest absolute Gasteiger partial charge is 0.232 e. The molecule has 0 radical (unpaired) electrons. The molecule has 0 N–H and O–H groups in total. The van der Waals surface area contributed by atoms with E-state index in [1.54, 1.807) is 0 Å². The fraction of sp³-hybridized carbons (Fsp3) is 0.500. The zero-order chi connectivity index (χ0) is 10.8. The smallest absolute Gasteiger partial charge is 0.153 e. The minimum Gasteiger partial charge on any atom is -0.232 e. The first-order valence-electron chi connectivity index (χ1n) is 5.56. The topological polar surface area (TPSA) is 30.2 Å². The van der Waals surface area contributed by atoms with Crippen molar-refractivity contribution in [1.82, 2.24) is 14.6 Å². The van der Waals surface area contributed by atoms with Crippen LogP contribution in [0.4, 0.5) is 0 Å². The van der Waals surface area contributed by atoms with Crippen molar-refractivity contribution in [3.05, 3.63) is 29.7 Å². The second-order valence-corrected chi connectivity index (χ2v) is 4.20. The highest BCUT2D eigenvalue weighted by molar-refractivity contribution is 5.38. The van der Waals surface area contributed by atoms with Crippen LogP contribution in [-0.2, 0) is 6.42 Å². The first kappa shape index (κ1) is 10.1. The Hall–Kier alpha value is -1.38. The highest BCUT2D eigenvalue weighted by atomic mass is 15.2. The Morgan fingerprint density at radius 1 is 1.33 bits per heavy atom. The molecule has 0 aromatic carbocycles. The summed E-state index contributed by atoms with van der Waals surface area (Å²) in [4.78, 5) is 4.50. The predicted octanol–water partition coefficient (Wildman–Crippen LogP) is 2.81. The van der Waals surface area contributed by atoms with Crippen LogP contribution in [0.15, 0.2) is 18.3 Å². The maximum Gasteiger partial charge on any atom is 0.153 e. The number of hydrogen-bond acceptors (Lipinski definition) is 2. The molecule has 0 bridgehead atoms.